The standard InChI is InChI=1S/C18H17N3O3/c22-16(15-14(11-5-6-11)19-10-24-15)21-8-7-18(9-21)12-3-1-2-4-13(12)20-17(18)23/h1-4,10-11H,5-9H2,(H,20,23). The van der Waals surface area contributed by atoms with Gasteiger partial charge in [0.1, 0.15) is 0 Å². The number of amides is 2. The maximum atomic E-state index is 12.9. The molecule has 3 heterocycles. The minimum absolute atomic E-state index is 0.0148. The largest absolute Gasteiger partial charge is 0.438 e. The molecule has 1 aromatic carbocycles. The molecule has 1 aliphatic carbocycles. The molecular weight excluding hydrogens is 306 g/mol. The van der Waals surface area contributed by atoms with Crippen LogP contribution in [0.25, 0.3) is 0 Å². The van der Waals surface area contributed by atoms with Gasteiger partial charge in [0, 0.05) is 24.7 Å². The molecule has 1 unspecified atom stereocenters. The van der Waals surface area contributed by atoms with E-state index < -0.39 is 5.41 Å². The minimum atomic E-state index is -0.633. The summed E-state index contributed by atoms with van der Waals surface area (Å²) in [5.74, 6) is 0.540. The van der Waals surface area contributed by atoms with Crippen LogP contribution in [-0.4, -0.2) is 34.8 Å². The molecule has 24 heavy (non-hydrogen) atoms. The van der Waals surface area contributed by atoms with E-state index in [2.05, 4.69) is 10.3 Å². The highest BCUT2D eigenvalue weighted by Crippen LogP contribution is 2.45. The summed E-state index contributed by atoms with van der Waals surface area (Å²) in [6, 6.07) is 7.73. The Balaban J connectivity index is 1.46. The van der Waals surface area contributed by atoms with Crippen LogP contribution in [0.1, 0.15) is 47.0 Å². The molecule has 0 bridgehead atoms. The number of benzene rings is 1. The monoisotopic (exact) mass is 323 g/mol. The number of hydrogen-bond donors (Lipinski definition) is 1. The average molecular weight is 323 g/mol. The molecule has 3 aliphatic rings. The number of carbonyl (C=O) groups is 2. The third kappa shape index (κ3) is 1.79. The third-order valence-electron chi connectivity index (χ3n) is 5.44. The van der Waals surface area contributed by atoms with Gasteiger partial charge < -0.3 is 14.6 Å². The Morgan fingerprint density at radius 3 is 3.00 bits per heavy atom. The lowest BCUT2D eigenvalue weighted by Crippen LogP contribution is -2.39. The average Bonchev–Trinajstić information content (AvgIpc) is 3.07. The van der Waals surface area contributed by atoms with Crippen LogP contribution in [-0.2, 0) is 10.2 Å². The molecular formula is C18H17N3O3. The predicted octanol–water partition coefficient (Wildman–Crippen LogP) is 2.29. The van der Waals surface area contributed by atoms with E-state index in [9.17, 15) is 9.59 Å². The Morgan fingerprint density at radius 1 is 1.33 bits per heavy atom. The van der Waals surface area contributed by atoms with Crippen molar-refractivity contribution in [2.45, 2.75) is 30.6 Å². The lowest BCUT2D eigenvalue weighted by atomic mass is 9.81. The van der Waals surface area contributed by atoms with Crippen LogP contribution in [0, 0.1) is 0 Å². The molecule has 1 saturated heterocycles. The topological polar surface area (TPSA) is 75.4 Å². The van der Waals surface area contributed by atoms with Crippen LogP contribution in [0.2, 0.25) is 0 Å². The van der Waals surface area contributed by atoms with Gasteiger partial charge >= 0.3 is 0 Å². The lowest BCUT2D eigenvalue weighted by molar-refractivity contribution is -0.120. The van der Waals surface area contributed by atoms with Crippen LogP contribution >= 0.6 is 0 Å². The normalized spacial score (nSPS) is 25.2. The summed E-state index contributed by atoms with van der Waals surface area (Å²) in [5, 5.41) is 2.95. The Kier molecular flexibility index (Phi) is 2.69. The van der Waals surface area contributed by atoms with Crippen LogP contribution in [0.15, 0.2) is 35.1 Å². The molecule has 6 heteroatoms. The number of rotatable bonds is 2. The van der Waals surface area contributed by atoms with Crippen LogP contribution in [0.5, 0.6) is 0 Å². The number of fused-ring (bicyclic) bond motifs is 2. The van der Waals surface area contributed by atoms with Gasteiger partial charge in [-0.15, -0.1) is 0 Å². The number of oxazole rings is 1. The fraction of sp³-hybridized carbons (Fsp3) is 0.389. The molecule has 5 rings (SSSR count). The molecule has 1 atom stereocenters. The van der Waals surface area contributed by atoms with E-state index in [-0.39, 0.29) is 11.8 Å². The molecule has 2 amide bonds. The number of likely N-dealkylation sites (tertiary alicyclic amines) is 1. The summed E-state index contributed by atoms with van der Waals surface area (Å²) >= 11 is 0. The van der Waals surface area contributed by atoms with E-state index in [1.54, 1.807) is 4.90 Å². The van der Waals surface area contributed by atoms with Gasteiger partial charge in [-0.05, 0) is 30.9 Å². The molecule has 1 spiro atoms. The maximum absolute atomic E-state index is 12.9. The number of nitrogens with zero attached hydrogens (tertiary/aromatic N) is 2. The maximum Gasteiger partial charge on any atom is 0.291 e. The molecule has 2 fully saturated rings. The SMILES string of the molecule is O=C(c1ocnc1C1CC1)N1CCC2(C1)C(=O)Nc1ccccc12. The van der Waals surface area contributed by atoms with Crippen molar-refractivity contribution < 1.29 is 14.0 Å². The fourth-order valence-electron chi connectivity index (χ4n) is 3.97. The molecule has 1 N–H and O–H groups in total. The first kappa shape index (κ1) is 13.8. The van der Waals surface area contributed by atoms with Crippen LogP contribution in [0.4, 0.5) is 5.69 Å². The van der Waals surface area contributed by atoms with Crippen molar-refractivity contribution in [3.63, 3.8) is 0 Å². The van der Waals surface area contributed by atoms with Crippen LogP contribution < -0.4 is 5.32 Å². The van der Waals surface area contributed by atoms with Gasteiger partial charge in [-0.1, -0.05) is 18.2 Å². The Bertz CT molecular complexity index is 855. The highest BCUT2D eigenvalue weighted by atomic mass is 16.3. The Morgan fingerprint density at radius 2 is 2.17 bits per heavy atom. The Labute approximate surface area is 138 Å². The summed E-state index contributed by atoms with van der Waals surface area (Å²) in [5.41, 5.74) is 1.99. The highest BCUT2D eigenvalue weighted by molar-refractivity contribution is 6.07. The summed E-state index contributed by atoms with van der Waals surface area (Å²) in [7, 11) is 0. The van der Waals surface area contributed by atoms with Crippen molar-refractivity contribution in [3.05, 3.63) is 47.7 Å². The Hall–Kier alpha value is -2.63. The minimum Gasteiger partial charge on any atom is -0.438 e. The van der Waals surface area contributed by atoms with Gasteiger partial charge in [-0.25, -0.2) is 4.98 Å². The van der Waals surface area contributed by atoms with Gasteiger partial charge in [-0.3, -0.25) is 9.59 Å². The zero-order chi connectivity index (χ0) is 16.3. The quantitative estimate of drug-likeness (QED) is 0.920. The van der Waals surface area contributed by atoms with Crippen molar-refractivity contribution in [1.82, 2.24) is 9.88 Å². The van der Waals surface area contributed by atoms with Crippen molar-refractivity contribution >= 4 is 17.5 Å². The van der Waals surface area contributed by atoms with Gasteiger partial charge in [0.2, 0.25) is 11.7 Å². The number of para-hydroxylation sites is 1. The lowest BCUT2D eigenvalue weighted by Gasteiger charge is -2.22. The van der Waals surface area contributed by atoms with Gasteiger partial charge in [0.15, 0.2) is 6.39 Å². The summed E-state index contributed by atoms with van der Waals surface area (Å²) in [6.45, 7) is 0.935. The molecule has 1 saturated carbocycles. The van der Waals surface area contributed by atoms with Crippen molar-refractivity contribution in [2.24, 2.45) is 0 Å². The zero-order valence-corrected chi connectivity index (χ0v) is 13.1. The first-order valence-electron chi connectivity index (χ1n) is 8.33. The number of nitrogens with one attached hydrogen (secondary N) is 1. The van der Waals surface area contributed by atoms with E-state index in [1.165, 1.54) is 6.39 Å². The van der Waals surface area contributed by atoms with Gasteiger partial charge in [-0.2, -0.15) is 0 Å². The third-order valence-corrected chi connectivity index (χ3v) is 5.44. The van der Waals surface area contributed by atoms with E-state index in [1.807, 2.05) is 24.3 Å². The molecule has 0 radical (unpaired) electrons. The first-order chi connectivity index (χ1) is 11.7. The predicted molar refractivity (Wildman–Crippen MR) is 85.7 cm³/mol. The van der Waals surface area contributed by atoms with Crippen molar-refractivity contribution in [1.29, 1.82) is 0 Å². The van der Waals surface area contributed by atoms with E-state index in [0.717, 1.165) is 29.8 Å². The van der Waals surface area contributed by atoms with Crippen molar-refractivity contribution in [2.75, 3.05) is 18.4 Å². The molecule has 2 aromatic rings. The smallest absolute Gasteiger partial charge is 0.291 e. The fourth-order valence-corrected chi connectivity index (χ4v) is 3.97. The molecule has 1 aromatic heterocycles. The molecule has 6 nitrogen and oxygen atoms in total. The summed E-state index contributed by atoms with van der Waals surface area (Å²) in [6.07, 6.45) is 4.11. The summed E-state index contributed by atoms with van der Waals surface area (Å²) < 4.78 is 5.38. The highest BCUT2D eigenvalue weighted by Gasteiger charge is 2.52. The second-order valence-corrected chi connectivity index (χ2v) is 6.90. The number of aromatic nitrogens is 1. The second kappa shape index (κ2) is 4.69. The van der Waals surface area contributed by atoms with Crippen molar-refractivity contribution in [3.8, 4) is 0 Å². The first-order valence-corrected chi connectivity index (χ1v) is 8.33. The van der Waals surface area contributed by atoms with E-state index in [0.29, 0.717) is 31.2 Å². The number of anilines is 1. The zero-order valence-electron chi connectivity index (χ0n) is 13.1. The van der Waals surface area contributed by atoms with E-state index >= 15 is 0 Å². The van der Waals surface area contributed by atoms with Gasteiger partial charge in [0.05, 0.1) is 11.1 Å². The van der Waals surface area contributed by atoms with E-state index in [4.69, 9.17) is 4.42 Å². The van der Waals surface area contributed by atoms with Crippen LogP contribution in [0.3, 0.4) is 0 Å². The number of carbonyl (C=O) groups excluding carboxylic acids is 2. The molecule has 2 aliphatic heterocycles. The number of hydrogen-bond acceptors (Lipinski definition) is 4. The van der Waals surface area contributed by atoms with Gasteiger partial charge in [0.25, 0.3) is 5.91 Å². The second-order valence-electron chi connectivity index (χ2n) is 6.90. The molecule has 122 valence electrons. The summed E-state index contributed by atoms with van der Waals surface area (Å²) in [4.78, 5) is 31.4.